The number of halogens is 1. The molecule has 0 atom stereocenters. The Labute approximate surface area is 165 Å². The Hall–Kier alpha value is -3.94. The number of nitrogens with zero attached hydrogens (tertiary/aromatic N) is 2. The average Bonchev–Trinajstić information content (AvgIpc) is 3.16. The predicted octanol–water partition coefficient (Wildman–Crippen LogP) is 2.36. The van der Waals surface area contributed by atoms with Crippen LogP contribution in [0.1, 0.15) is 11.1 Å². The van der Waals surface area contributed by atoms with Gasteiger partial charge in [-0.25, -0.2) is 9.18 Å². The van der Waals surface area contributed by atoms with E-state index in [1.54, 1.807) is 16.8 Å². The number of imide groups is 1. The Morgan fingerprint density at radius 1 is 1.10 bits per heavy atom. The summed E-state index contributed by atoms with van der Waals surface area (Å²) in [4.78, 5) is 37.4. The van der Waals surface area contributed by atoms with E-state index in [2.05, 4.69) is 5.32 Å². The lowest BCUT2D eigenvalue weighted by molar-refractivity contribution is -0.123. The number of nitrogens with two attached hydrogens (primary N) is 1. The smallest absolute Gasteiger partial charge is 0.329 e. The van der Waals surface area contributed by atoms with Gasteiger partial charge >= 0.3 is 6.03 Å². The number of hydrogen-bond acceptors (Lipinski definition) is 3. The van der Waals surface area contributed by atoms with E-state index in [9.17, 15) is 18.8 Å². The lowest BCUT2D eigenvalue weighted by atomic mass is 10.1. The summed E-state index contributed by atoms with van der Waals surface area (Å²) in [6.07, 6.45) is 3.29. The first-order valence-electron chi connectivity index (χ1n) is 8.87. The molecule has 2 heterocycles. The lowest BCUT2D eigenvalue weighted by Crippen LogP contribution is -2.30. The minimum Gasteiger partial charge on any atom is -0.368 e. The SMILES string of the molecule is NC(=O)Cn1cc(C=C2NC(=O)N(Cc3ccc(F)cc3)C2=O)c2ccccc21. The van der Waals surface area contributed by atoms with Crippen LogP contribution in [-0.4, -0.2) is 27.3 Å². The van der Waals surface area contributed by atoms with Gasteiger partial charge in [0.1, 0.15) is 18.1 Å². The quantitative estimate of drug-likeness (QED) is 0.515. The Bertz CT molecular complexity index is 1160. The van der Waals surface area contributed by atoms with E-state index in [-0.39, 0.29) is 24.6 Å². The molecule has 2 aromatic carbocycles. The third-order valence-electron chi connectivity index (χ3n) is 4.66. The van der Waals surface area contributed by atoms with Crippen LogP contribution in [-0.2, 0) is 22.7 Å². The summed E-state index contributed by atoms with van der Waals surface area (Å²) in [6, 6.07) is 12.4. The fourth-order valence-electron chi connectivity index (χ4n) is 3.33. The molecule has 1 aliphatic rings. The molecule has 146 valence electrons. The van der Waals surface area contributed by atoms with Crippen molar-refractivity contribution < 1.29 is 18.8 Å². The van der Waals surface area contributed by atoms with Gasteiger partial charge in [-0.1, -0.05) is 30.3 Å². The molecular formula is C21H17FN4O3. The lowest BCUT2D eigenvalue weighted by Gasteiger charge is -2.11. The van der Waals surface area contributed by atoms with Crippen molar-refractivity contribution in [3.63, 3.8) is 0 Å². The highest BCUT2D eigenvalue weighted by Crippen LogP contribution is 2.25. The fraction of sp³-hybridized carbons (Fsp3) is 0.0952. The summed E-state index contributed by atoms with van der Waals surface area (Å²) in [5.41, 5.74) is 7.54. The number of carbonyl (C=O) groups excluding carboxylic acids is 3. The number of amides is 4. The zero-order chi connectivity index (χ0) is 20.5. The predicted molar refractivity (Wildman–Crippen MR) is 105 cm³/mol. The van der Waals surface area contributed by atoms with E-state index in [1.807, 2.05) is 24.3 Å². The summed E-state index contributed by atoms with van der Waals surface area (Å²) in [5, 5.41) is 3.39. The van der Waals surface area contributed by atoms with Crippen LogP contribution in [0.4, 0.5) is 9.18 Å². The van der Waals surface area contributed by atoms with E-state index in [0.717, 1.165) is 15.8 Å². The highest BCUT2D eigenvalue weighted by molar-refractivity contribution is 6.14. The van der Waals surface area contributed by atoms with Crippen LogP contribution in [0.15, 0.2) is 60.4 Å². The van der Waals surface area contributed by atoms with Crippen molar-refractivity contribution in [3.05, 3.63) is 77.4 Å². The minimum atomic E-state index is -0.550. The van der Waals surface area contributed by atoms with Gasteiger partial charge in [0.2, 0.25) is 5.91 Å². The molecule has 7 nitrogen and oxygen atoms in total. The third kappa shape index (κ3) is 3.60. The Morgan fingerprint density at radius 3 is 2.55 bits per heavy atom. The molecule has 4 rings (SSSR count). The van der Waals surface area contributed by atoms with Crippen LogP contribution < -0.4 is 11.1 Å². The van der Waals surface area contributed by atoms with Crippen molar-refractivity contribution in [3.8, 4) is 0 Å². The van der Waals surface area contributed by atoms with Crippen molar-refractivity contribution >= 4 is 34.8 Å². The normalized spacial score (nSPS) is 15.3. The molecule has 1 fully saturated rings. The number of hydrogen-bond donors (Lipinski definition) is 2. The maximum atomic E-state index is 13.1. The topological polar surface area (TPSA) is 97.4 Å². The van der Waals surface area contributed by atoms with Crippen molar-refractivity contribution in [1.29, 1.82) is 0 Å². The van der Waals surface area contributed by atoms with Crippen LogP contribution in [0.2, 0.25) is 0 Å². The molecule has 1 aliphatic heterocycles. The van der Waals surface area contributed by atoms with Crippen LogP contribution in [0.3, 0.4) is 0 Å². The monoisotopic (exact) mass is 392 g/mol. The molecule has 8 heteroatoms. The summed E-state index contributed by atoms with van der Waals surface area (Å²) in [5.74, 6) is -1.36. The van der Waals surface area contributed by atoms with Gasteiger partial charge in [0.15, 0.2) is 0 Å². The van der Waals surface area contributed by atoms with Crippen LogP contribution >= 0.6 is 0 Å². The number of rotatable bonds is 5. The number of nitrogens with one attached hydrogen (secondary N) is 1. The fourth-order valence-corrected chi connectivity index (χ4v) is 3.33. The van der Waals surface area contributed by atoms with Crippen LogP contribution in [0.5, 0.6) is 0 Å². The first-order chi connectivity index (χ1) is 13.9. The van der Waals surface area contributed by atoms with E-state index < -0.39 is 17.8 Å². The standard InChI is InChI=1S/C21H17FN4O3/c22-15-7-5-13(6-8-15)10-26-20(28)17(24-21(26)29)9-14-11-25(12-19(23)27)18-4-2-1-3-16(14)18/h1-9,11H,10,12H2,(H2,23,27)(H,24,29). The van der Waals surface area contributed by atoms with Gasteiger partial charge in [0, 0.05) is 22.7 Å². The van der Waals surface area contributed by atoms with Gasteiger partial charge in [-0.15, -0.1) is 0 Å². The van der Waals surface area contributed by atoms with Crippen molar-refractivity contribution in [2.75, 3.05) is 0 Å². The largest absolute Gasteiger partial charge is 0.368 e. The first-order valence-corrected chi connectivity index (χ1v) is 8.87. The molecule has 0 unspecified atom stereocenters. The van der Waals surface area contributed by atoms with Gasteiger partial charge in [-0.3, -0.25) is 14.5 Å². The highest BCUT2D eigenvalue weighted by atomic mass is 19.1. The number of aromatic nitrogens is 1. The van der Waals surface area contributed by atoms with Gasteiger partial charge in [0.25, 0.3) is 5.91 Å². The summed E-state index contributed by atoms with van der Waals surface area (Å²) in [7, 11) is 0. The average molecular weight is 392 g/mol. The van der Waals surface area contributed by atoms with E-state index in [0.29, 0.717) is 11.1 Å². The van der Waals surface area contributed by atoms with Gasteiger partial charge < -0.3 is 15.6 Å². The summed E-state index contributed by atoms with van der Waals surface area (Å²) >= 11 is 0. The van der Waals surface area contributed by atoms with E-state index in [4.69, 9.17) is 5.73 Å². The molecule has 0 radical (unpaired) electrons. The Kier molecular flexibility index (Phi) is 4.59. The molecular weight excluding hydrogens is 375 g/mol. The molecule has 3 aromatic rings. The molecule has 0 aliphatic carbocycles. The van der Waals surface area contributed by atoms with Gasteiger partial charge in [-0.2, -0.15) is 0 Å². The third-order valence-corrected chi connectivity index (χ3v) is 4.66. The van der Waals surface area contributed by atoms with Gasteiger partial charge in [0.05, 0.1) is 6.54 Å². The second kappa shape index (κ2) is 7.23. The zero-order valence-corrected chi connectivity index (χ0v) is 15.3. The number of fused-ring (bicyclic) bond motifs is 1. The van der Waals surface area contributed by atoms with Crippen molar-refractivity contribution in [2.24, 2.45) is 5.73 Å². The van der Waals surface area contributed by atoms with E-state index >= 15 is 0 Å². The van der Waals surface area contributed by atoms with Crippen LogP contribution in [0.25, 0.3) is 17.0 Å². The molecule has 29 heavy (non-hydrogen) atoms. The second-order valence-corrected chi connectivity index (χ2v) is 6.70. The van der Waals surface area contributed by atoms with Crippen molar-refractivity contribution in [1.82, 2.24) is 14.8 Å². The molecule has 1 aromatic heterocycles. The zero-order valence-electron chi connectivity index (χ0n) is 15.3. The highest BCUT2D eigenvalue weighted by Gasteiger charge is 2.33. The molecule has 1 saturated heterocycles. The van der Waals surface area contributed by atoms with E-state index in [1.165, 1.54) is 24.3 Å². The number of primary amides is 1. The van der Waals surface area contributed by atoms with Crippen LogP contribution in [0, 0.1) is 5.82 Å². The van der Waals surface area contributed by atoms with Gasteiger partial charge in [-0.05, 0) is 29.8 Å². The molecule has 0 bridgehead atoms. The maximum absolute atomic E-state index is 13.1. The Balaban J connectivity index is 1.65. The molecule has 0 spiro atoms. The minimum absolute atomic E-state index is 0.000679. The molecule has 4 amide bonds. The number of carbonyl (C=O) groups is 3. The molecule has 0 saturated carbocycles. The first kappa shape index (κ1) is 18.4. The molecule has 3 N–H and O–H groups in total. The summed E-state index contributed by atoms with van der Waals surface area (Å²) in [6.45, 7) is 0.0341. The summed E-state index contributed by atoms with van der Waals surface area (Å²) < 4.78 is 14.8. The second-order valence-electron chi connectivity index (χ2n) is 6.70. The number of urea groups is 1. The number of benzene rings is 2. The Morgan fingerprint density at radius 2 is 1.83 bits per heavy atom. The number of para-hydroxylation sites is 1. The maximum Gasteiger partial charge on any atom is 0.329 e. The van der Waals surface area contributed by atoms with Crippen molar-refractivity contribution in [2.45, 2.75) is 13.1 Å².